The number of aromatic amines is 1. The molecule has 1 aromatic carbocycles. The van der Waals surface area contributed by atoms with E-state index in [-0.39, 0.29) is 11.4 Å². The maximum absolute atomic E-state index is 12.2. The zero-order valence-corrected chi connectivity index (χ0v) is 13.9. The van der Waals surface area contributed by atoms with Crippen LogP contribution < -0.4 is 16.0 Å². The standard InChI is InChI=1S/C16H11Cl2N3O3/c1-24-15-12(3-2-4-19-15)13-8-21(16(23)20-14(13)22)11-6-9(17)5-10(18)7-11/h2-8H,1H3,(H,20,22,23). The summed E-state index contributed by atoms with van der Waals surface area (Å²) in [5, 5.41) is 0.743. The van der Waals surface area contributed by atoms with Crippen LogP contribution in [0.4, 0.5) is 0 Å². The Labute approximate surface area is 146 Å². The van der Waals surface area contributed by atoms with Gasteiger partial charge >= 0.3 is 5.69 Å². The molecular weight excluding hydrogens is 353 g/mol. The third kappa shape index (κ3) is 3.06. The molecule has 2 aromatic heterocycles. The number of aromatic nitrogens is 3. The van der Waals surface area contributed by atoms with Crippen LogP contribution in [0.3, 0.4) is 0 Å². The second-order valence-electron chi connectivity index (χ2n) is 4.86. The number of nitrogens with zero attached hydrogens (tertiary/aromatic N) is 2. The minimum Gasteiger partial charge on any atom is -0.481 e. The molecule has 0 saturated heterocycles. The first-order valence-electron chi connectivity index (χ1n) is 6.81. The van der Waals surface area contributed by atoms with E-state index >= 15 is 0 Å². The van der Waals surface area contributed by atoms with E-state index in [1.807, 2.05) is 0 Å². The normalized spacial score (nSPS) is 10.6. The summed E-state index contributed by atoms with van der Waals surface area (Å²) in [4.78, 5) is 30.7. The van der Waals surface area contributed by atoms with Gasteiger partial charge < -0.3 is 4.74 Å². The van der Waals surface area contributed by atoms with Gasteiger partial charge in [-0.1, -0.05) is 23.2 Å². The lowest BCUT2D eigenvalue weighted by molar-refractivity contribution is 0.399. The van der Waals surface area contributed by atoms with Gasteiger partial charge in [0.15, 0.2) is 0 Å². The van der Waals surface area contributed by atoms with Gasteiger partial charge in [0.05, 0.1) is 23.9 Å². The highest BCUT2D eigenvalue weighted by molar-refractivity contribution is 6.34. The van der Waals surface area contributed by atoms with Crippen LogP contribution in [0.15, 0.2) is 52.3 Å². The van der Waals surface area contributed by atoms with Crippen molar-refractivity contribution in [1.29, 1.82) is 0 Å². The van der Waals surface area contributed by atoms with Crippen molar-refractivity contribution in [2.24, 2.45) is 0 Å². The lowest BCUT2D eigenvalue weighted by atomic mass is 10.1. The van der Waals surface area contributed by atoms with E-state index in [1.54, 1.807) is 36.5 Å². The fourth-order valence-corrected chi connectivity index (χ4v) is 2.81. The molecule has 3 aromatic rings. The summed E-state index contributed by atoms with van der Waals surface area (Å²) in [6, 6.07) is 8.03. The Morgan fingerprint density at radius 1 is 1.12 bits per heavy atom. The lowest BCUT2D eigenvalue weighted by Crippen LogP contribution is -2.29. The summed E-state index contributed by atoms with van der Waals surface area (Å²) < 4.78 is 6.43. The number of halogens is 2. The maximum atomic E-state index is 12.2. The van der Waals surface area contributed by atoms with E-state index in [2.05, 4.69) is 9.97 Å². The molecule has 0 spiro atoms. The zero-order valence-electron chi connectivity index (χ0n) is 12.4. The summed E-state index contributed by atoms with van der Waals surface area (Å²) >= 11 is 12.0. The fraction of sp³-hybridized carbons (Fsp3) is 0.0625. The van der Waals surface area contributed by atoms with E-state index in [0.717, 1.165) is 0 Å². The number of benzene rings is 1. The van der Waals surface area contributed by atoms with E-state index in [1.165, 1.54) is 17.9 Å². The predicted molar refractivity (Wildman–Crippen MR) is 92.5 cm³/mol. The highest BCUT2D eigenvalue weighted by atomic mass is 35.5. The number of hydrogen-bond donors (Lipinski definition) is 1. The van der Waals surface area contributed by atoms with E-state index in [9.17, 15) is 9.59 Å². The molecule has 0 aliphatic carbocycles. The third-order valence-electron chi connectivity index (χ3n) is 3.32. The van der Waals surface area contributed by atoms with Gasteiger partial charge in [-0.25, -0.2) is 9.78 Å². The van der Waals surface area contributed by atoms with Crippen molar-refractivity contribution in [2.75, 3.05) is 7.11 Å². The molecule has 0 radical (unpaired) electrons. The summed E-state index contributed by atoms with van der Waals surface area (Å²) in [5.74, 6) is 0.275. The molecule has 0 aliphatic heterocycles. The molecule has 6 nitrogen and oxygen atoms in total. The Morgan fingerprint density at radius 3 is 2.50 bits per heavy atom. The van der Waals surface area contributed by atoms with E-state index in [0.29, 0.717) is 21.3 Å². The third-order valence-corrected chi connectivity index (χ3v) is 3.76. The van der Waals surface area contributed by atoms with Gasteiger partial charge in [-0.15, -0.1) is 0 Å². The van der Waals surface area contributed by atoms with Crippen molar-refractivity contribution >= 4 is 23.2 Å². The number of H-pyrrole nitrogens is 1. The molecule has 0 saturated carbocycles. The predicted octanol–water partition coefficient (Wildman–Crippen LogP) is 2.90. The molecule has 0 bridgehead atoms. The minimum atomic E-state index is -0.607. The van der Waals surface area contributed by atoms with Crippen LogP contribution in [0.5, 0.6) is 5.88 Å². The quantitative estimate of drug-likeness (QED) is 0.775. The van der Waals surface area contributed by atoms with Crippen LogP contribution in [0.1, 0.15) is 0 Å². The van der Waals surface area contributed by atoms with Gasteiger partial charge in [0, 0.05) is 22.4 Å². The van der Waals surface area contributed by atoms with Crippen molar-refractivity contribution in [3.8, 4) is 22.7 Å². The first-order chi connectivity index (χ1) is 11.5. The summed E-state index contributed by atoms with van der Waals surface area (Å²) in [5.41, 5.74) is -0.0303. The Balaban J connectivity index is 2.27. The molecule has 0 unspecified atom stereocenters. The molecule has 1 N–H and O–H groups in total. The summed E-state index contributed by atoms with van der Waals surface area (Å²) in [6.07, 6.45) is 2.95. The van der Waals surface area contributed by atoms with Crippen LogP contribution in [-0.4, -0.2) is 21.6 Å². The van der Waals surface area contributed by atoms with Gasteiger partial charge in [0.1, 0.15) is 0 Å². The fourth-order valence-electron chi connectivity index (χ4n) is 2.29. The van der Waals surface area contributed by atoms with Crippen molar-refractivity contribution < 1.29 is 4.74 Å². The van der Waals surface area contributed by atoms with Crippen LogP contribution in [-0.2, 0) is 0 Å². The van der Waals surface area contributed by atoms with Crippen LogP contribution in [0.2, 0.25) is 10.0 Å². The highest BCUT2D eigenvalue weighted by Crippen LogP contribution is 2.25. The number of nitrogens with one attached hydrogen (secondary N) is 1. The average molecular weight is 364 g/mol. The van der Waals surface area contributed by atoms with Crippen molar-refractivity contribution in [2.45, 2.75) is 0 Å². The first-order valence-corrected chi connectivity index (χ1v) is 7.57. The summed E-state index contributed by atoms with van der Waals surface area (Å²) in [6.45, 7) is 0. The largest absolute Gasteiger partial charge is 0.481 e. The summed E-state index contributed by atoms with van der Waals surface area (Å²) in [7, 11) is 1.45. The van der Waals surface area contributed by atoms with Gasteiger partial charge in [0.25, 0.3) is 5.56 Å². The van der Waals surface area contributed by atoms with Crippen LogP contribution in [0, 0.1) is 0 Å². The van der Waals surface area contributed by atoms with Crippen molar-refractivity contribution in [1.82, 2.24) is 14.5 Å². The molecule has 0 aliphatic rings. The van der Waals surface area contributed by atoms with Crippen LogP contribution >= 0.6 is 23.2 Å². The second-order valence-corrected chi connectivity index (χ2v) is 5.73. The number of pyridine rings is 1. The topological polar surface area (TPSA) is 77.0 Å². The Morgan fingerprint density at radius 2 is 1.83 bits per heavy atom. The molecule has 0 fully saturated rings. The monoisotopic (exact) mass is 363 g/mol. The number of methoxy groups -OCH3 is 1. The smallest absolute Gasteiger partial charge is 0.332 e. The van der Waals surface area contributed by atoms with Gasteiger partial charge in [-0.3, -0.25) is 14.3 Å². The van der Waals surface area contributed by atoms with Gasteiger partial charge in [-0.2, -0.15) is 0 Å². The highest BCUT2D eigenvalue weighted by Gasteiger charge is 2.14. The van der Waals surface area contributed by atoms with E-state index in [4.69, 9.17) is 27.9 Å². The maximum Gasteiger partial charge on any atom is 0.332 e. The Hall–Kier alpha value is -2.57. The zero-order chi connectivity index (χ0) is 17.3. The number of rotatable bonds is 3. The van der Waals surface area contributed by atoms with Crippen molar-refractivity contribution in [3.63, 3.8) is 0 Å². The molecular formula is C16H11Cl2N3O3. The SMILES string of the molecule is COc1ncccc1-c1cn(-c2cc(Cl)cc(Cl)c2)c(=O)[nH]c1=O. The van der Waals surface area contributed by atoms with Gasteiger partial charge in [-0.05, 0) is 30.3 Å². The number of ether oxygens (including phenoxy) is 1. The average Bonchev–Trinajstić information content (AvgIpc) is 2.54. The second kappa shape index (κ2) is 6.51. The molecule has 0 amide bonds. The Kier molecular flexibility index (Phi) is 4.42. The number of hydrogen-bond acceptors (Lipinski definition) is 4. The first kappa shape index (κ1) is 16.3. The van der Waals surface area contributed by atoms with Gasteiger partial charge in [0.2, 0.25) is 5.88 Å². The molecule has 122 valence electrons. The lowest BCUT2D eigenvalue weighted by Gasteiger charge is -2.10. The van der Waals surface area contributed by atoms with E-state index < -0.39 is 11.2 Å². The van der Waals surface area contributed by atoms with Crippen molar-refractivity contribution in [3.05, 3.63) is 73.6 Å². The van der Waals surface area contributed by atoms with Crippen LogP contribution in [0.25, 0.3) is 16.8 Å². The Bertz CT molecular complexity index is 1010. The molecule has 8 heteroatoms. The molecule has 0 atom stereocenters. The molecule has 3 rings (SSSR count). The minimum absolute atomic E-state index is 0.232. The molecule has 24 heavy (non-hydrogen) atoms. The molecule has 2 heterocycles.